The van der Waals surface area contributed by atoms with Gasteiger partial charge in [0.05, 0.1) is 11.4 Å². The molecule has 1 aliphatic rings. The summed E-state index contributed by atoms with van der Waals surface area (Å²) in [6, 6.07) is 29.7. The number of hydrogen-bond acceptors (Lipinski definition) is 2. The number of para-hydroxylation sites is 4. The average Bonchev–Trinajstić information content (AvgIpc) is 2.98. The molecule has 2 nitrogen and oxygen atoms in total. The van der Waals surface area contributed by atoms with E-state index >= 15 is 0 Å². The quantitative estimate of drug-likeness (QED) is 0.553. The van der Waals surface area contributed by atoms with Crippen molar-refractivity contribution in [3.05, 3.63) is 96.3 Å². The molecular formula is C22H20N2. The number of allylic oxidation sites excluding steroid dienone is 1. The maximum atomic E-state index is 2.34. The lowest BCUT2D eigenvalue weighted by Crippen LogP contribution is -2.22. The molecule has 0 aliphatic carbocycles. The fourth-order valence-electron chi connectivity index (χ4n) is 3.29. The van der Waals surface area contributed by atoms with Crippen molar-refractivity contribution >= 4 is 22.7 Å². The molecular weight excluding hydrogens is 292 g/mol. The monoisotopic (exact) mass is 312 g/mol. The lowest BCUT2D eigenvalue weighted by atomic mass is 10.2. The van der Waals surface area contributed by atoms with E-state index in [9.17, 15) is 0 Å². The molecule has 2 heteroatoms. The van der Waals surface area contributed by atoms with Gasteiger partial charge in [-0.3, -0.25) is 9.80 Å². The first-order valence-corrected chi connectivity index (χ1v) is 8.24. The first-order valence-electron chi connectivity index (χ1n) is 8.24. The van der Waals surface area contributed by atoms with Crippen molar-refractivity contribution in [2.45, 2.75) is 13.8 Å². The van der Waals surface area contributed by atoms with Gasteiger partial charge in [-0.1, -0.05) is 48.5 Å². The molecule has 1 heterocycles. The summed E-state index contributed by atoms with van der Waals surface area (Å²) in [5, 5.41) is 0. The number of benzene rings is 3. The Bertz CT molecular complexity index is 810. The third kappa shape index (κ3) is 2.28. The molecule has 1 aliphatic heterocycles. The van der Waals surface area contributed by atoms with Gasteiger partial charge in [0.2, 0.25) is 0 Å². The summed E-state index contributed by atoms with van der Waals surface area (Å²) in [5.41, 5.74) is 6.06. The molecule has 3 aromatic carbocycles. The zero-order valence-electron chi connectivity index (χ0n) is 14.0. The van der Waals surface area contributed by atoms with E-state index in [1.807, 2.05) is 0 Å². The summed E-state index contributed by atoms with van der Waals surface area (Å²) in [6.07, 6.45) is 0. The SMILES string of the molecule is CC(C)=C1N(c2ccccc2)c2ccccc2N1c1ccccc1. The van der Waals surface area contributed by atoms with Crippen molar-refractivity contribution in [3.8, 4) is 0 Å². The minimum atomic E-state index is 1.18. The van der Waals surface area contributed by atoms with E-state index in [0.29, 0.717) is 0 Å². The zero-order valence-corrected chi connectivity index (χ0v) is 14.0. The molecule has 3 aromatic rings. The van der Waals surface area contributed by atoms with Crippen molar-refractivity contribution in [2.75, 3.05) is 9.80 Å². The summed E-state index contributed by atoms with van der Waals surface area (Å²) in [4.78, 5) is 4.69. The summed E-state index contributed by atoms with van der Waals surface area (Å²) < 4.78 is 0. The van der Waals surface area contributed by atoms with Crippen LogP contribution in [0.1, 0.15) is 13.8 Å². The highest BCUT2D eigenvalue weighted by Gasteiger charge is 2.33. The van der Waals surface area contributed by atoms with E-state index in [2.05, 4.69) is 109 Å². The van der Waals surface area contributed by atoms with Crippen LogP contribution in [0.4, 0.5) is 22.7 Å². The van der Waals surface area contributed by atoms with Crippen molar-refractivity contribution in [1.29, 1.82) is 0 Å². The largest absolute Gasteiger partial charge is 0.294 e. The minimum absolute atomic E-state index is 1.18. The van der Waals surface area contributed by atoms with E-state index in [0.717, 1.165) is 0 Å². The van der Waals surface area contributed by atoms with Crippen LogP contribution in [0.3, 0.4) is 0 Å². The van der Waals surface area contributed by atoms with Gasteiger partial charge in [0.25, 0.3) is 0 Å². The van der Waals surface area contributed by atoms with Gasteiger partial charge < -0.3 is 0 Å². The predicted octanol–water partition coefficient (Wildman–Crippen LogP) is 6.23. The van der Waals surface area contributed by atoms with Crippen LogP contribution in [0, 0.1) is 0 Å². The van der Waals surface area contributed by atoms with Crippen molar-refractivity contribution in [1.82, 2.24) is 0 Å². The Morgan fingerprint density at radius 3 is 1.29 bits per heavy atom. The molecule has 0 fully saturated rings. The molecule has 0 spiro atoms. The van der Waals surface area contributed by atoms with Gasteiger partial charge in [-0.2, -0.15) is 0 Å². The number of rotatable bonds is 2. The van der Waals surface area contributed by atoms with Crippen LogP contribution in [0.15, 0.2) is 96.3 Å². The molecule has 0 aromatic heterocycles. The Balaban J connectivity index is 1.98. The number of anilines is 4. The first-order chi connectivity index (χ1) is 11.8. The van der Waals surface area contributed by atoms with Crippen LogP contribution >= 0.6 is 0 Å². The fraction of sp³-hybridized carbons (Fsp3) is 0.0909. The van der Waals surface area contributed by atoms with Crippen molar-refractivity contribution in [3.63, 3.8) is 0 Å². The first kappa shape index (κ1) is 14.6. The molecule has 0 N–H and O–H groups in total. The second-order valence-corrected chi connectivity index (χ2v) is 6.15. The molecule has 24 heavy (non-hydrogen) atoms. The number of nitrogens with zero attached hydrogens (tertiary/aromatic N) is 2. The molecule has 4 rings (SSSR count). The average molecular weight is 312 g/mol. The van der Waals surface area contributed by atoms with E-state index in [1.165, 1.54) is 34.1 Å². The third-order valence-corrected chi connectivity index (χ3v) is 4.26. The molecule has 0 radical (unpaired) electrons. The molecule has 118 valence electrons. The highest BCUT2D eigenvalue weighted by atomic mass is 15.4. The number of fused-ring (bicyclic) bond motifs is 1. The topological polar surface area (TPSA) is 6.48 Å². The van der Waals surface area contributed by atoms with Gasteiger partial charge in [-0.05, 0) is 55.8 Å². The molecule has 0 atom stereocenters. The Kier molecular flexibility index (Phi) is 3.58. The highest BCUT2D eigenvalue weighted by molar-refractivity contribution is 5.93. The van der Waals surface area contributed by atoms with E-state index < -0.39 is 0 Å². The lowest BCUT2D eigenvalue weighted by molar-refractivity contribution is 1.07. The van der Waals surface area contributed by atoms with E-state index in [-0.39, 0.29) is 0 Å². The van der Waals surface area contributed by atoms with Crippen LogP contribution in [-0.2, 0) is 0 Å². The van der Waals surface area contributed by atoms with E-state index in [1.54, 1.807) is 0 Å². The Morgan fingerprint density at radius 2 is 0.917 bits per heavy atom. The third-order valence-electron chi connectivity index (χ3n) is 4.26. The Labute approximate surface area is 143 Å². The Morgan fingerprint density at radius 1 is 0.542 bits per heavy atom. The second-order valence-electron chi connectivity index (χ2n) is 6.15. The van der Waals surface area contributed by atoms with Gasteiger partial charge in [-0.15, -0.1) is 0 Å². The second kappa shape index (κ2) is 5.89. The highest BCUT2D eigenvalue weighted by Crippen LogP contribution is 2.50. The van der Waals surface area contributed by atoms with Crippen molar-refractivity contribution < 1.29 is 0 Å². The van der Waals surface area contributed by atoms with Crippen LogP contribution < -0.4 is 9.80 Å². The fourth-order valence-corrected chi connectivity index (χ4v) is 3.29. The maximum Gasteiger partial charge on any atom is 0.121 e. The molecule has 0 unspecified atom stereocenters. The molecule has 0 saturated heterocycles. The summed E-state index contributed by atoms with van der Waals surface area (Å²) in [5.74, 6) is 1.20. The smallest absolute Gasteiger partial charge is 0.121 e. The van der Waals surface area contributed by atoms with E-state index in [4.69, 9.17) is 0 Å². The van der Waals surface area contributed by atoms with Gasteiger partial charge in [0.1, 0.15) is 5.82 Å². The lowest BCUT2D eigenvalue weighted by Gasteiger charge is -2.27. The molecule has 0 saturated carbocycles. The minimum Gasteiger partial charge on any atom is -0.294 e. The van der Waals surface area contributed by atoms with Gasteiger partial charge in [0.15, 0.2) is 0 Å². The summed E-state index contributed by atoms with van der Waals surface area (Å²) in [6.45, 7) is 4.35. The van der Waals surface area contributed by atoms with Crippen LogP contribution in [0.5, 0.6) is 0 Å². The van der Waals surface area contributed by atoms with Crippen LogP contribution in [-0.4, -0.2) is 0 Å². The Hall–Kier alpha value is -3.00. The van der Waals surface area contributed by atoms with Gasteiger partial charge in [0, 0.05) is 11.4 Å². The van der Waals surface area contributed by atoms with Crippen LogP contribution in [0.2, 0.25) is 0 Å². The van der Waals surface area contributed by atoms with Crippen molar-refractivity contribution in [2.24, 2.45) is 0 Å². The maximum absolute atomic E-state index is 2.34. The van der Waals surface area contributed by atoms with Gasteiger partial charge >= 0.3 is 0 Å². The number of hydrogen-bond donors (Lipinski definition) is 0. The predicted molar refractivity (Wildman–Crippen MR) is 102 cm³/mol. The molecule has 0 bridgehead atoms. The zero-order chi connectivity index (χ0) is 16.5. The summed E-state index contributed by atoms with van der Waals surface area (Å²) >= 11 is 0. The normalized spacial score (nSPS) is 13.2. The van der Waals surface area contributed by atoms with Gasteiger partial charge in [-0.25, -0.2) is 0 Å². The summed E-state index contributed by atoms with van der Waals surface area (Å²) in [7, 11) is 0. The molecule has 0 amide bonds. The van der Waals surface area contributed by atoms with Crippen LogP contribution in [0.25, 0.3) is 0 Å². The standard InChI is InChI=1S/C22H20N2/c1-17(2)22-23(18-11-5-3-6-12-18)20-15-9-10-16-21(20)24(22)19-13-7-4-8-14-19/h3-16H,1-2H3.